The first-order chi connectivity index (χ1) is 9.08. The summed E-state index contributed by atoms with van der Waals surface area (Å²) in [6, 6.07) is 8.17. The van der Waals surface area contributed by atoms with Crippen LogP contribution in [0.5, 0.6) is 0 Å². The maximum atomic E-state index is 11.9. The summed E-state index contributed by atoms with van der Waals surface area (Å²) in [4.78, 5) is 13.7. The highest BCUT2D eigenvalue weighted by molar-refractivity contribution is 5.82. The first kappa shape index (κ1) is 13.6. The van der Waals surface area contributed by atoms with Gasteiger partial charge in [-0.1, -0.05) is 32.0 Å². The average Bonchev–Trinajstić information content (AvgIpc) is 2.79. The zero-order valence-corrected chi connectivity index (χ0v) is 11.6. The lowest BCUT2D eigenvalue weighted by Gasteiger charge is -2.17. The van der Waals surface area contributed by atoms with Crippen molar-refractivity contribution in [2.45, 2.75) is 26.4 Å². The molecule has 0 aliphatic heterocycles. The van der Waals surface area contributed by atoms with E-state index in [2.05, 4.69) is 5.32 Å². The van der Waals surface area contributed by atoms with E-state index in [-0.39, 0.29) is 5.91 Å². The minimum absolute atomic E-state index is 0.0824. The number of fused-ring (bicyclic) bond motifs is 1. The minimum atomic E-state index is 0.0824. The second kappa shape index (κ2) is 5.89. The summed E-state index contributed by atoms with van der Waals surface area (Å²) in [5, 5.41) is 4.20. The molecule has 0 spiro atoms. The molecule has 0 bridgehead atoms. The van der Waals surface area contributed by atoms with Crippen molar-refractivity contribution in [1.29, 1.82) is 0 Å². The molecule has 0 unspecified atom stereocenters. The van der Waals surface area contributed by atoms with Gasteiger partial charge in [0.15, 0.2) is 0 Å². The molecule has 0 radical (unpaired) electrons. The summed E-state index contributed by atoms with van der Waals surface area (Å²) >= 11 is 0. The molecule has 1 heterocycles. The van der Waals surface area contributed by atoms with Crippen molar-refractivity contribution in [3.63, 3.8) is 0 Å². The number of nitrogens with zero attached hydrogens (tertiary/aromatic N) is 1. The first-order valence-electron chi connectivity index (χ1n) is 6.50. The van der Waals surface area contributed by atoms with E-state index in [1.165, 1.54) is 0 Å². The highest BCUT2D eigenvalue weighted by atomic mass is 16.3. The molecular formula is C15H20N2O2. The lowest BCUT2D eigenvalue weighted by atomic mass is 10.1. The molecule has 19 heavy (non-hydrogen) atoms. The fourth-order valence-electron chi connectivity index (χ4n) is 1.93. The summed E-state index contributed by atoms with van der Waals surface area (Å²) in [5.74, 6) is 0.0824. The SMILES string of the molecule is CC(C)NCC(=O)N(C)Cc1coc2ccccc12. The van der Waals surface area contributed by atoms with Gasteiger partial charge in [0, 0.05) is 30.6 Å². The summed E-state index contributed by atoms with van der Waals surface area (Å²) in [5.41, 5.74) is 1.90. The Balaban J connectivity index is 2.02. The number of amides is 1. The van der Waals surface area contributed by atoms with E-state index in [9.17, 15) is 4.79 Å². The molecule has 4 heteroatoms. The zero-order valence-electron chi connectivity index (χ0n) is 11.6. The Morgan fingerprint density at radius 1 is 1.37 bits per heavy atom. The summed E-state index contributed by atoms with van der Waals surface area (Å²) in [7, 11) is 1.81. The van der Waals surface area contributed by atoms with Gasteiger partial charge < -0.3 is 14.6 Å². The van der Waals surface area contributed by atoms with Gasteiger partial charge in [0.2, 0.25) is 5.91 Å². The van der Waals surface area contributed by atoms with Crippen LogP contribution in [0.15, 0.2) is 34.9 Å². The quantitative estimate of drug-likeness (QED) is 0.897. The van der Waals surface area contributed by atoms with Crippen molar-refractivity contribution >= 4 is 16.9 Å². The number of carbonyl (C=O) groups excluding carboxylic acids is 1. The molecule has 0 saturated carbocycles. The number of furan rings is 1. The molecule has 0 aliphatic rings. The minimum Gasteiger partial charge on any atom is -0.464 e. The van der Waals surface area contributed by atoms with Gasteiger partial charge in [-0.3, -0.25) is 4.79 Å². The number of benzene rings is 1. The molecule has 0 aliphatic carbocycles. The number of hydrogen-bond acceptors (Lipinski definition) is 3. The lowest BCUT2D eigenvalue weighted by Crippen LogP contribution is -2.37. The van der Waals surface area contributed by atoms with Gasteiger partial charge in [-0.25, -0.2) is 0 Å². The topological polar surface area (TPSA) is 45.5 Å². The summed E-state index contributed by atoms with van der Waals surface area (Å²) in [6.07, 6.45) is 1.73. The van der Waals surface area contributed by atoms with Crippen LogP contribution < -0.4 is 5.32 Å². The fraction of sp³-hybridized carbons (Fsp3) is 0.400. The van der Waals surface area contributed by atoms with Gasteiger partial charge >= 0.3 is 0 Å². The number of para-hydroxylation sites is 1. The van der Waals surface area contributed by atoms with Gasteiger partial charge in [0.25, 0.3) is 0 Å². The van der Waals surface area contributed by atoms with Crippen LogP contribution in [0.2, 0.25) is 0 Å². The maximum Gasteiger partial charge on any atom is 0.236 e. The van der Waals surface area contributed by atoms with Crippen molar-refractivity contribution in [1.82, 2.24) is 10.2 Å². The molecule has 0 saturated heterocycles. The van der Waals surface area contributed by atoms with Crippen molar-refractivity contribution in [3.8, 4) is 0 Å². The standard InChI is InChI=1S/C15H20N2O2/c1-11(2)16-8-15(18)17(3)9-12-10-19-14-7-5-4-6-13(12)14/h4-7,10-11,16H,8-9H2,1-3H3. The van der Waals surface area contributed by atoms with Gasteiger partial charge in [-0.2, -0.15) is 0 Å². The van der Waals surface area contributed by atoms with E-state index in [4.69, 9.17) is 4.42 Å². The number of carbonyl (C=O) groups is 1. The molecule has 1 amide bonds. The Bertz CT molecular complexity index is 560. The molecule has 2 rings (SSSR count). The van der Waals surface area contributed by atoms with Crippen LogP contribution in [0.3, 0.4) is 0 Å². The van der Waals surface area contributed by atoms with E-state index >= 15 is 0 Å². The van der Waals surface area contributed by atoms with Gasteiger partial charge in [-0.15, -0.1) is 0 Å². The lowest BCUT2D eigenvalue weighted by molar-refractivity contribution is -0.129. The average molecular weight is 260 g/mol. The third kappa shape index (κ3) is 3.35. The summed E-state index contributed by atoms with van der Waals surface area (Å²) < 4.78 is 5.47. The van der Waals surface area contributed by atoms with Crippen LogP contribution in [0.4, 0.5) is 0 Å². The molecule has 102 valence electrons. The third-order valence-electron chi connectivity index (χ3n) is 3.06. The molecule has 0 atom stereocenters. The molecular weight excluding hydrogens is 240 g/mol. The van der Waals surface area contributed by atoms with Crippen LogP contribution in [0, 0.1) is 0 Å². The third-order valence-corrected chi connectivity index (χ3v) is 3.06. The Labute approximate surface area is 113 Å². The molecule has 1 aromatic heterocycles. The predicted octanol–water partition coefficient (Wildman–Crippen LogP) is 2.39. The Morgan fingerprint density at radius 2 is 2.11 bits per heavy atom. The van der Waals surface area contributed by atoms with E-state index in [1.807, 2.05) is 45.2 Å². The van der Waals surface area contributed by atoms with Crippen molar-refractivity contribution in [3.05, 3.63) is 36.1 Å². The molecule has 1 N–H and O–H groups in total. The van der Waals surface area contributed by atoms with Gasteiger partial charge in [-0.05, 0) is 6.07 Å². The largest absolute Gasteiger partial charge is 0.464 e. The van der Waals surface area contributed by atoms with Crippen LogP contribution >= 0.6 is 0 Å². The monoisotopic (exact) mass is 260 g/mol. The van der Waals surface area contributed by atoms with Crippen molar-refractivity contribution < 1.29 is 9.21 Å². The van der Waals surface area contributed by atoms with E-state index in [0.29, 0.717) is 19.1 Å². The van der Waals surface area contributed by atoms with E-state index < -0.39 is 0 Å². The van der Waals surface area contributed by atoms with Crippen molar-refractivity contribution in [2.75, 3.05) is 13.6 Å². The normalized spacial score (nSPS) is 11.2. The van der Waals surface area contributed by atoms with Gasteiger partial charge in [0.05, 0.1) is 12.8 Å². The van der Waals surface area contributed by atoms with Crippen molar-refractivity contribution in [2.24, 2.45) is 0 Å². The Morgan fingerprint density at radius 3 is 2.84 bits per heavy atom. The second-order valence-electron chi connectivity index (χ2n) is 5.04. The van der Waals surface area contributed by atoms with E-state index in [0.717, 1.165) is 16.5 Å². The zero-order chi connectivity index (χ0) is 13.8. The van der Waals surface area contributed by atoms with E-state index in [1.54, 1.807) is 11.2 Å². The maximum absolute atomic E-state index is 11.9. The smallest absolute Gasteiger partial charge is 0.236 e. The number of nitrogens with one attached hydrogen (secondary N) is 1. The first-order valence-corrected chi connectivity index (χ1v) is 6.50. The van der Waals surface area contributed by atoms with Crippen LogP contribution in [0.1, 0.15) is 19.4 Å². The Kier molecular flexibility index (Phi) is 4.22. The van der Waals surface area contributed by atoms with Crippen LogP contribution in [-0.4, -0.2) is 30.4 Å². The van der Waals surface area contributed by atoms with Crippen LogP contribution in [0.25, 0.3) is 11.0 Å². The number of likely N-dealkylation sites (N-methyl/N-ethyl adjacent to an activating group) is 1. The molecule has 1 aromatic carbocycles. The highest BCUT2D eigenvalue weighted by Crippen LogP contribution is 2.21. The molecule has 2 aromatic rings. The molecule has 4 nitrogen and oxygen atoms in total. The fourth-order valence-corrected chi connectivity index (χ4v) is 1.93. The predicted molar refractivity (Wildman–Crippen MR) is 75.8 cm³/mol. The summed E-state index contributed by atoms with van der Waals surface area (Å²) in [6.45, 7) is 4.98. The van der Waals surface area contributed by atoms with Gasteiger partial charge in [0.1, 0.15) is 5.58 Å². The number of rotatable bonds is 5. The second-order valence-corrected chi connectivity index (χ2v) is 5.04. The van der Waals surface area contributed by atoms with Crippen LogP contribution in [-0.2, 0) is 11.3 Å². The number of hydrogen-bond donors (Lipinski definition) is 1. The highest BCUT2D eigenvalue weighted by Gasteiger charge is 2.12. The Hall–Kier alpha value is -1.81. The molecule has 0 fully saturated rings.